The lowest BCUT2D eigenvalue weighted by Gasteiger charge is -2.19. The van der Waals surface area contributed by atoms with Gasteiger partial charge >= 0.3 is 0 Å². The second-order valence-corrected chi connectivity index (χ2v) is 5.58. The summed E-state index contributed by atoms with van der Waals surface area (Å²) in [5, 5.41) is 0. The van der Waals surface area contributed by atoms with Gasteiger partial charge in [0.1, 0.15) is 0 Å². The topological polar surface area (TPSA) is 63.4 Å². The minimum Gasteiger partial charge on any atom is -0.329 e. The minimum atomic E-state index is -3.53. The standard InChI is InChI=1S/C12H16N2O2S/c1-3-9-14(10-8-13)17(15,16)12-6-4-11(2)5-7-12/h1,4-7H,8-10,13H2,2H3. The fraction of sp³-hybridized carbons (Fsp3) is 0.333. The third-order valence-corrected chi connectivity index (χ3v) is 4.16. The van der Waals surface area contributed by atoms with Gasteiger partial charge in [0, 0.05) is 13.1 Å². The lowest BCUT2D eigenvalue weighted by atomic mass is 10.2. The predicted octanol–water partition coefficient (Wildman–Crippen LogP) is 0.578. The Labute approximate surface area is 102 Å². The molecule has 0 spiro atoms. The molecule has 0 heterocycles. The van der Waals surface area contributed by atoms with Crippen LogP contribution in [0.15, 0.2) is 29.2 Å². The van der Waals surface area contributed by atoms with Crippen LogP contribution in [-0.4, -0.2) is 32.4 Å². The summed E-state index contributed by atoms with van der Waals surface area (Å²) in [5.41, 5.74) is 6.39. The second kappa shape index (κ2) is 5.82. The normalized spacial score (nSPS) is 11.4. The molecule has 0 bridgehead atoms. The first-order valence-electron chi connectivity index (χ1n) is 5.22. The molecule has 0 aliphatic heterocycles. The summed E-state index contributed by atoms with van der Waals surface area (Å²) in [4.78, 5) is 0.242. The van der Waals surface area contributed by atoms with E-state index in [2.05, 4.69) is 5.92 Å². The monoisotopic (exact) mass is 252 g/mol. The summed E-state index contributed by atoms with van der Waals surface area (Å²) in [6.07, 6.45) is 5.16. The molecule has 1 rings (SSSR count). The van der Waals surface area contributed by atoms with Gasteiger partial charge in [-0.25, -0.2) is 8.42 Å². The van der Waals surface area contributed by atoms with Gasteiger partial charge < -0.3 is 5.73 Å². The number of benzene rings is 1. The van der Waals surface area contributed by atoms with E-state index in [4.69, 9.17) is 12.2 Å². The highest BCUT2D eigenvalue weighted by molar-refractivity contribution is 7.89. The maximum absolute atomic E-state index is 12.2. The van der Waals surface area contributed by atoms with Crippen LogP contribution >= 0.6 is 0 Å². The molecule has 0 aliphatic rings. The molecule has 2 N–H and O–H groups in total. The Kier molecular flexibility index (Phi) is 4.70. The van der Waals surface area contributed by atoms with Crippen molar-refractivity contribution in [3.63, 3.8) is 0 Å². The molecule has 0 aliphatic carbocycles. The van der Waals surface area contributed by atoms with E-state index in [1.807, 2.05) is 6.92 Å². The van der Waals surface area contributed by atoms with Crippen molar-refractivity contribution < 1.29 is 8.42 Å². The maximum Gasteiger partial charge on any atom is 0.243 e. The highest BCUT2D eigenvalue weighted by Gasteiger charge is 2.22. The van der Waals surface area contributed by atoms with Gasteiger partial charge in [-0.15, -0.1) is 6.42 Å². The van der Waals surface area contributed by atoms with Crippen molar-refractivity contribution in [3.8, 4) is 12.3 Å². The van der Waals surface area contributed by atoms with Crippen molar-refractivity contribution in [2.45, 2.75) is 11.8 Å². The first-order chi connectivity index (χ1) is 8.02. The molecule has 0 saturated heterocycles. The molecule has 4 nitrogen and oxygen atoms in total. The molecule has 0 radical (unpaired) electrons. The average Bonchev–Trinajstić information content (AvgIpc) is 2.29. The third-order valence-electron chi connectivity index (χ3n) is 2.30. The first-order valence-corrected chi connectivity index (χ1v) is 6.66. The van der Waals surface area contributed by atoms with Crippen LogP contribution in [0.1, 0.15) is 5.56 Å². The van der Waals surface area contributed by atoms with Gasteiger partial charge in [-0.2, -0.15) is 4.31 Å². The highest BCUT2D eigenvalue weighted by atomic mass is 32.2. The molecule has 17 heavy (non-hydrogen) atoms. The summed E-state index contributed by atoms with van der Waals surface area (Å²) in [6.45, 7) is 2.40. The van der Waals surface area contributed by atoms with Gasteiger partial charge in [0.05, 0.1) is 11.4 Å². The Bertz CT molecular complexity index is 500. The summed E-state index contributed by atoms with van der Waals surface area (Å²) >= 11 is 0. The SMILES string of the molecule is C#CCN(CCN)S(=O)(=O)c1ccc(C)cc1. The van der Waals surface area contributed by atoms with E-state index in [0.717, 1.165) is 5.56 Å². The van der Waals surface area contributed by atoms with Crippen molar-refractivity contribution >= 4 is 10.0 Å². The molecule has 0 fully saturated rings. The van der Waals surface area contributed by atoms with Crippen LogP contribution in [0, 0.1) is 19.3 Å². The van der Waals surface area contributed by atoms with Crippen LogP contribution in [0.5, 0.6) is 0 Å². The largest absolute Gasteiger partial charge is 0.329 e. The van der Waals surface area contributed by atoms with Crippen molar-refractivity contribution in [3.05, 3.63) is 29.8 Å². The quantitative estimate of drug-likeness (QED) is 0.780. The van der Waals surface area contributed by atoms with Gasteiger partial charge in [0.25, 0.3) is 0 Å². The number of nitrogens with zero attached hydrogens (tertiary/aromatic N) is 1. The summed E-state index contributed by atoms with van der Waals surface area (Å²) in [5.74, 6) is 2.33. The van der Waals surface area contributed by atoms with Gasteiger partial charge in [-0.3, -0.25) is 0 Å². The zero-order chi connectivity index (χ0) is 12.9. The van der Waals surface area contributed by atoms with E-state index in [1.54, 1.807) is 24.3 Å². The predicted molar refractivity (Wildman–Crippen MR) is 67.8 cm³/mol. The molecule has 1 aromatic carbocycles. The van der Waals surface area contributed by atoms with Gasteiger partial charge in [-0.05, 0) is 19.1 Å². The summed E-state index contributed by atoms with van der Waals surface area (Å²) in [6, 6.07) is 6.65. The van der Waals surface area contributed by atoms with E-state index < -0.39 is 10.0 Å². The van der Waals surface area contributed by atoms with Gasteiger partial charge in [0.2, 0.25) is 10.0 Å². The Morgan fingerprint density at radius 3 is 2.41 bits per heavy atom. The fourth-order valence-electron chi connectivity index (χ4n) is 1.39. The number of rotatable bonds is 5. The molecule has 92 valence electrons. The summed E-state index contributed by atoms with van der Waals surface area (Å²) < 4.78 is 25.6. The van der Waals surface area contributed by atoms with E-state index in [1.165, 1.54) is 4.31 Å². The Morgan fingerprint density at radius 1 is 1.35 bits per heavy atom. The molecule has 0 aromatic heterocycles. The Hall–Kier alpha value is -1.35. The van der Waals surface area contributed by atoms with E-state index in [-0.39, 0.29) is 24.5 Å². The van der Waals surface area contributed by atoms with Crippen LogP contribution in [-0.2, 0) is 10.0 Å². The fourth-order valence-corrected chi connectivity index (χ4v) is 2.76. The average molecular weight is 252 g/mol. The van der Waals surface area contributed by atoms with E-state index >= 15 is 0 Å². The molecule has 0 amide bonds. The molecule has 0 saturated carbocycles. The molecular formula is C12H16N2O2S. The Balaban J connectivity index is 3.08. The smallest absolute Gasteiger partial charge is 0.243 e. The highest BCUT2D eigenvalue weighted by Crippen LogP contribution is 2.15. The maximum atomic E-state index is 12.2. The van der Waals surface area contributed by atoms with Crippen molar-refractivity contribution in [2.75, 3.05) is 19.6 Å². The summed E-state index contributed by atoms with van der Waals surface area (Å²) in [7, 11) is -3.53. The number of nitrogens with two attached hydrogens (primary N) is 1. The van der Waals surface area contributed by atoms with Gasteiger partial charge in [-0.1, -0.05) is 23.6 Å². The molecule has 1 aromatic rings. The van der Waals surface area contributed by atoms with E-state index in [0.29, 0.717) is 0 Å². The second-order valence-electron chi connectivity index (χ2n) is 3.64. The van der Waals surface area contributed by atoms with Crippen molar-refractivity contribution in [2.24, 2.45) is 5.73 Å². The van der Waals surface area contributed by atoms with Gasteiger partial charge in [0.15, 0.2) is 0 Å². The zero-order valence-electron chi connectivity index (χ0n) is 9.76. The van der Waals surface area contributed by atoms with Crippen LogP contribution < -0.4 is 5.73 Å². The Morgan fingerprint density at radius 2 is 1.94 bits per heavy atom. The number of terminal acetylenes is 1. The van der Waals surface area contributed by atoms with Crippen LogP contribution in [0.2, 0.25) is 0 Å². The lowest BCUT2D eigenvalue weighted by Crippen LogP contribution is -2.35. The van der Waals surface area contributed by atoms with Crippen LogP contribution in [0.3, 0.4) is 0 Å². The molecule has 0 atom stereocenters. The minimum absolute atomic E-state index is 0.0351. The van der Waals surface area contributed by atoms with Crippen LogP contribution in [0.25, 0.3) is 0 Å². The van der Waals surface area contributed by atoms with Crippen molar-refractivity contribution in [1.82, 2.24) is 4.31 Å². The molecule has 0 unspecified atom stereocenters. The van der Waals surface area contributed by atoms with Crippen molar-refractivity contribution in [1.29, 1.82) is 0 Å². The number of hydrogen-bond acceptors (Lipinski definition) is 3. The zero-order valence-corrected chi connectivity index (χ0v) is 10.6. The van der Waals surface area contributed by atoms with Crippen LogP contribution in [0.4, 0.5) is 0 Å². The first kappa shape index (κ1) is 13.7. The molecule has 5 heteroatoms. The number of aryl methyl sites for hydroxylation is 1. The number of hydrogen-bond donors (Lipinski definition) is 1. The third kappa shape index (κ3) is 3.30. The lowest BCUT2D eigenvalue weighted by molar-refractivity contribution is 0.454. The number of sulfonamides is 1. The molecular weight excluding hydrogens is 236 g/mol. The van der Waals surface area contributed by atoms with E-state index in [9.17, 15) is 8.42 Å².